The summed E-state index contributed by atoms with van der Waals surface area (Å²) in [6, 6.07) is 6.76. The summed E-state index contributed by atoms with van der Waals surface area (Å²) in [5.41, 5.74) is 1.74. The molecular formula is C18H23N5O4S. The van der Waals surface area contributed by atoms with Crippen LogP contribution in [0.15, 0.2) is 35.6 Å². The third-order valence-electron chi connectivity index (χ3n) is 3.56. The van der Waals surface area contributed by atoms with Crippen LogP contribution in [-0.4, -0.2) is 44.7 Å². The SMILES string of the molecule is CCNC(=O)Cn1c(CO)cnc1SCC(=O)Nc1ccc(NC(C)=O)cc1. The van der Waals surface area contributed by atoms with Gasteiger partial charge in [0.1, 0.15) is 6.54 Å². The van der Waals surface area contributed by atoms with Crippen molar-refractivity contribution in [2.45, 2.75) is 32.2 Å². The maximum absolute atomic E-state index is 12.2. The van der Waals surface area contributed by atoms with Crippen LogP contribution in [0, 0.1) is 0 Å². The molecule has 1 aromatic heterocycles. The van der Waals surface area contributed by atoms with Gasteiger partial charge >= 0.3 is 0 Å². The van der Waals surface area contributed by atoms with Crippen molar-refractivity contribution >= 4 is 40.9 Å². The average molecular weight is 405 g/mol. The minimum absolute atomic E-state index is 0.0261. The van der Waals surface area contributed by atoms with E-state index in [0.717, 1.165) is 0 Å². The van der Waals surface area contributed by atoms with E-state index in [0.29, 0.717) is 28.8 Å². The van der Waals surface area contributed by atoms with E-state index in [1.54, 1.807) is 28.8 Å². The standard InChI is InChI=1S/C18H23N5O4S/c1-3-19-16(26)9-23-15(10-24)8-20-18(23)28-11-17(27)22-14-6-4-13(5-7-14)21-12(2)25/h4-8,24H,3,9-11H2,1-2H3,(H,19,26)(H,21,25)(H,22,27). The van der Waals surface area contributed by atoms with Crippen LogP contribution in [0.2, 0.25) is 0 Å². The van der Waals surface area contributed by atoms with Crippen molar-refractivity contribution in [3.05, 3.63) is 36.2 Å². The van der Waals surface area contributed by atoms with Gasteiger partial charge in [-0.05, 0) is 31.2 Å². The van der Waals surface area contributed by atoms with Crippen molar-refractivity contribution in [1.82, 2.24) is 14.9 Å². The van der Waals surface area contributed by atoms with E-state index in [4.69, 9.17) is 0 Å². The van der Waals surface area contributed by atoms with Gasteiger partial charge in [-0.15, -0.1) is 0 Å². The van der Waals surface area contributed by atoms with Crippen LogP contribution < -0.4 is 16.0 Å². The van der Waals surface area contributed by atoms with Gasteiger partial charge < -0.3 is 25.6 Å². The zero-order valence-corrected chi connectivity index (χ0v) is 16.5. The van der Waals surface area contributed by atoms with Crippen LogP contribution in [0.1, 0.15) is 19.5 Å². The molecule has 28 heavy (non-hydrogen) atoms. The van der Waals surface area contributed by atoms with Gasteiger partial charge in [-0.25, -0.2) is 4.98 Å². The van der Waals surface area contributed by atoms with Gasteiger partial charge in [-0.3, -0.25) is 14.4 Å². The fourth-order valence-corrected chi connectivity index (χ4v) is 3.16. The van der Waals surface area contributed by atoms with Crippen molar-refractivity contribution in [2.75, 3.05) is 22.9 Å². The van der Waals surface area contributed by atoms with Gasteiger partial charge in [-0.1, -0.05) is 11.8 Å². The van der Waals surface area contributed by atoms with Crippen LogP contribution in [0.25, 0.3) is 0 Å². The van der Waals surface area contributed by atoms with E-state index < -0.39 is 0 Å². The fraction of sp³-hybridized carbons (Fsp3) is 0.333. The minimum Gasteiger partial charge on any atom is -0.390 e. The molecule has 0 radical (unpaired) electrons. The number of likely N-dealkylation sites (N-methyl/N-ethyl adjacent to an activating group) is 1. The molecular weight excluding hydrogens is 382 g/mol. The lowest BCUT2D eigenvalue weighted by molar-refractivity contribution is -0.121. The summed E-state index contributed by atoms with van der Waals surface area (Å²) in [5.74, 6) is -0.514. The zero-order valence-electron chi connectivity index (χ0n) is 15.7. The molecule has 1 aromatic carbocycles. The van der Waals surface area contributed by atoms with Crippen molar-refractivity contribution in [1.29, 1.82) is 0 Å². The molecule has 0 aliphatic rings. The van der Waals surface area contributed by atoms with Crippen molar-refractivity contribution < 1.29 is 19.5 Å². The normalized spacial score (nSPS) is 10.4. The number of thioether (sulfide) groups is 1. The number of rotatable bonds is 9. The molecule has 150 valence electrons. The molecule has 0 spiro atoms. The summed E-state index contributed by atoms with van der Waals surface area (Å²) in [4.78, 5) is 39.2. The van der Waals surface area contributed by atoms with Gasteiger partial charge in [0.15, 0.2) is 5.16 Å². The monoisotopic (exact) mass is 405 g/mol. The number of hydrogen-bond acceptors (Lipinski definition) is 6. The Balaban J connectivity index is 1.94. The van der Waals surface area contributed by atoms with Crippen molar-refractivity contribution in [3.8, 4) is 0 Å². The first-order valence-electron chi connectivity index (χ1n) is 8.65. The van der Waals surface area contributed by atoms with E-state index in [1.165, 1.54) is 24.9 Å². The molecule has 0 aliphatic heterocycles. The number of amides is 3. The summed E-state index contributed by atoms with van der Waals surface area (Å²) in [5, 5.41) is 18.0. The Labute approximate surface area is 166 Å². The molecule has 0 fully saturated rings. The minimum atomic E-state index is -0.250. The highest BCUT2D eigenvalue weighted by atomic mass is 32.2. The summed E-state index contributed by atoms with van der Waals surface area (Å²) in [7, 11) is 0. The first-order chi connectivity index (χ1) is 13.4. The summed E-state index contributed by atoms with van der Waals surface area (Å²) >= 11 is 1.17. The van der Waals surface area contributed by atoms with Gasteiger partial charge in [0.2, 0.25) is 17.7 Å². The number of nitrogens with zero attached hydrogens (tertiary/aromatic N) is 2. The van der Waals surface area contributed by atoms with Gasteiger partial charge in [0.25, 0.3) is 0 Å². The number of nitrogens with one attached hydrogen (secondary N) is 3. The predicted octanol–water partition coefficient (Wildman–Crippen LogP) is 1.20. The lowest BCUT2D eigenvalue weighted by Gasteiger charge is -2.10. The molecule has 0 bridgehead atoms. The summed E-state index contributed by atoms with van der Waals surface area (Å²) < 4.78 is 1.59. The van der Waals surface area contributed by atoms with E-state index in [-0.39, 0.29) is 36.6 Å². The second kappa shape index (κ2) is 10.5. The number of benzene rings is 1. The number of aliphatic hydroxyl groups is 1. The number of aromatic nitrogens is 2. The number of imidazole rings is 1. The van der Waals surface area contributed by atoms with E-state index >= 15 is 0 Å². The van der Waals surface area contributed by atoms with Gasteiger partial charge in [-0.2, -0.15) is 0 Å². The molecule has 2 aromatic rings. The quantitative estimate of drug-likeness (QED) is 0.465. The molecule has 0 unspecified atom stereocenters. The number of carbonyl (C=O) groups excluding carboxylic acids is 3. The lowest BCUT2D eigenvalue weighted by Crippen LogP contribution is -2.28. The molecule has 0 aliphatic carbocycles. The van der Waals surface area contributed by atoms with Crippen LogP contribution in [0.5, 0.6) is 0 Å². The Morgan fingerprint density at radius 1 is 1.11 bits per heavy atom. The second-order valence-electron chi connectivity index (χ2n) is 5.83. The Bertz CT molecular complexity index is 835. The van der Waals surface area contributed by atoms with Crippen molar-refractivity contribution in [2.24, 2.45) is 0 Å². The zero-order chi connectivity index (χ0) is 20.5. The van der Waals surface area contributed by atoms with Crippen LogP contribution in [0.3, 0.4) is 0 Å². The molecule has 9 nitrogen and oxygen atoms in total. The Morgan fingerprint density at radius 3 is 2.32 bits per heavy atom. The third kappa shape index (κ3) is 6.39. The van der Waals surface area contributed by atoms with Crippen LogP contribution in [-0.2, 0) is 27.5 Å². The first-order valence-corrected chi connectivity index (χ1v) is 9.63. The Morgan fingerprint density at radius 2 is 1.75 bits per heavy atom. The maximum atomic E-state index is 12.2. The highest BCUT2D eigenvalue weighted by Gasteiger charge is 2.14. The molecule has 0 saturated heterocycles. The molecule has 10 heteroatoms. The highest BCUT2D eigenvalue weighted by molar-refractivity contribution is 7.99. The van der Waals surface area contributed by atoms with Crippen LogP contribution in [0.4, 0.5) is 11.4 Å². The van der Waals surface area contributed by atoms with E-state index in [1.807, 2.05) is 6.92 Å². The lowest BCUT2D eigenvalue weighted by atomic mass is 10.3. The Hall–Kier alpha value is -2.85. The second-order valence-corrected chi connectivity index (χ2v) is 6.77. The summed E-state index contributed by atoms with van der Waals surface area (Å²) in [6.07, 6.45) is 1.49. The summed E-state index contributed by atoms with van der Waals surface area (Å²) in [6.45, 7) is 3.53. The molecule has 4 N–H and O–H groups in total. The molecule has 0 atom stereocenters. The number of anilines is 2. The molecule has 2 rings (SSSR count). The average Bonchev–Trinajstić information content (AvgIpc) is 3.03. The fourth-order valence-electron chi connectivity index (χ4n) is 2.37. The third-order valence-corrected chi connectivity index (χ3v) is 4.55. The van der Waals surface area contributed by atoms with Gasteiger partial charge in [0, 0.05) is 24.8 Å². The number of hydrogen-bond donors (Lipinski definition) is 4. The first kappa shape index (κ1) is 21.5. The molecule has 1 heterocycles. The van der Waals surface area contributed by atoms with Crippen LogP contribution >= 0.6 is 11.8 Å². The topological polar surface area (TPSA) is 125 Å². The van der Waals surface area contributed by atoms with Crippen molar-refractivity contribution in [3.63, 3.8) is 0 Å². The van der Waals surface area contributed by atoms with E-state index in [2.05, 4.69) is 20.9 Å². The molecule has 0 saturated carbocycles. The predicted molar refractivity (Wildman–Crippen MR) is 107 cm³/mol. The maximum Gasteiger partial charge on any atom is 0.240 e. The van der Waals surface area contributed by atoms with Gasteiger partial charge in [0.05, 0.1) is 24.3 Å². The Kier molecular flexibility index (Phi) is 8.02. The highest BCUT2D eigenvalue weighted by Crippen LogP contribution is 2.20. The van der Waals surface area contributed by atoms with E-state index in [9.17, 15) is 19.5 Å². The smallest absolute Gasteiger partial charge is 0.240 e. The number of carbonyl (C=O) groups is 3. The molecule has 3 amide bonds. The largest absolute Gasteiger partial charge is 0.390 e. The number of aliphatic hydroxyl groups excluding tert-OH is 1.